The molecule has 1 N–H and O–H groups in total. The fourth-order valence-electron chi connectivity index (χ4n) is 2.96. The van der Waals surface area contributed by atoms with Gasteiger partial charge in [0.15, 0.2) is 0 Å². The number of nitrogens with zero attached hydrogens (tertiary/aromatic N) is 1. The fourth-order valence-corrected chi connectivity index (χ4v) is 4.17. The number of aromatic nitrogens is 1. The third-order valence-corrected chi connectivity index (χ3v) is 5.48. The van der Waals surface area contributed by atoms with Crippen LogP contribution in [0, 0.1) is 5.92 Å². The lowest BCUT2D eigenvalue weighted by Gasteiger charge is -2.26. The molecule has 0 aliphatic heterocycles. The molecule has 1 fully saturated rings. The van der Waals surface area contributed by atoms with Gasteiger partial charge in [0.05, 0.1) is 14.6 Å². The number of amides is 1. The largest absolute Gasteiger partial charge is 0.348 e. The summed E-state index contributed by atoms with van der Waals surface area (Å²) >= 11 is 7.52. The zero-order chi connectivity index (χ0) is 14.3. The summed E-state index contributed by atoms with van der Waals surface area (Å²) in [6.45, 7) is 2.28. The Morgan fingerprint density at radius 1 is 1.35 bits per heavy atom. The highest BCUT2D eigenvalue weighted by atomic mass is 35.5. The Labute approximate surface area is 127 Å². The molecule has 0 aromatic carbocycles. The number of rotatable bonds is 2. The summed E-state index contributed by atoms with van der Waals surface area (Å²) in [5.41, 5.74) is 1.75. The molecule has 2 aromatic heterocycles. The molecule has 1 aliphatic carbocycles. The minimum atomic E-state index is 0.0339. The van der Waals surface area contributed by atoms with E-state index < -0.39 is 0 Å². The van der Waals surface area contributed by atoms with E-state index >= 15 is 0 Å². The summed E-state index contributed by atoms with van der Waals surface area (Å²) in [6.07, 6.45) is 4.61. The van der Waals surface area contributed by atoms with Crippen molar-refractivity contribution >= 4 is 39.1 Å². The van der Waals surface area contributed by atoms with Crippen LogP contribution in [-0.2, 0) is 7.05 Å². The van der Waals surface area contributed by atoms with Crippen LogP contribution in [0.25, 0.3) is 10.2 Å². The van der Waals surface area contributed by atoms with Crippen LogP contribution in [0.4, 0.5) is 0 Å². The molecule has 3 rings (SSSR count). The summed E-state index contributed by atoms with van der Waals surface area (Å²) < 4.78 is 3.76. The number of carbonyl (C=O) groups is 1. The van der Waals surface area contributed by atoms with Crippen molar-refractivity contribution in [3.63, 3.8) is 0 Å². The first kappa shape index (κ1) is 14.0. The van der Waals surface area contributed by atoms with Crippen molar-refractivity contribution in [2.45, 2.75) is 38.6 Å². The van der Waals surface area contributed by atoms with E-state index in [-0.39, 0.29) is 5.91 Å². The Balaban J connectivity index is 1.75. The molecular weight excluding hydrogens is 292 g/mol. The van der Waals surface area contributed by atoms with Crippen molar-refractivity contribution in [3.05, 3.63) is 22.2 Å². The zero-order valence-corrected chi connectivity index (χ0v) is 13.4. The Bertz CT molecular complexity index is 638. The highest BCUT2D eigenvalue weighted by Gasteiger charge is 2.22. The van der Waals surface area contributed by atoms with Gasteiger partial charge in [-0.25, -0.2) is 0 Å². The first-order chi connectivity index (χ1) is 9.54. The third kappa shape index (κ3) is 2.59. The average Bonchev–Trinajstić information content (AvgIpc) is 2.91. The summed E-state index contributed by atoms with van der Waals surface area (Å²) in [6, 6.07) is 4.18. The average molecular weight is 311 g/mol. The van der Waals surface area contributed by atoms with Gasteiger partial charge >= 0.3 is 0 Å². The third-order valence-electron chi connectivity index (χ3n) is 4.28. The highest BCUT2D eigenvalue weighted by molar-refractivity contribution is 7.22. The monoisotopic (exact) mass is 310 g/mol. The second-order valence-electron chi connectivity index (χ2n) is 5.82. The minimum absolute atomic E-state index is 0.0339. The number of carbonyl (C=O) groups excluding carboxylic acids is 1. The van der Waals surface area contributed by atoms with E-state index in [4.69, 9.17) is 11.6 Å². The van der Waals surface area contributed by atoms with Crippen LogP contribution < -0.4 is 5.32 Å². The van der Waals surface area contributed by atoms with Crippen molar-refractivity contribution < 1.29 is 4.79 Å². The molecule has 0 spiro atoms. The topological polar surface area (TPSA) is 34.0 Å². The van der Waals surface area contributed by atoms with Gasteiger partial charge in [0.2, 0.25) is 0 Å². The van der Waals surface area contributed by atoms with Gasteiger partial charge in [0.1, 0.15) is 5.69 Å². The summed E-state index contributed by atoms with van der Waals surface area (Å²) in [5.74, 6) is 0.831. The van der Waals surface area contributed by atoms with E-state index in [1.54, 1.807) is 0 Å². The number of fused-ring (bicyclic) bond motifs is 1. The SMILES string of the molecule is CC1CCC(NC(=O)c2cc3sc(Cl)cc3n2C)CC1. The second kappa shape index (κ2) is 5.41. The predicted molar refractivity (Wildman–Crippen MR) is 84.7 cm³/mol. The molecule has 2 aromatic rings. The molecular formula is C15H19ClN2OS. The van der Waals surface area contributed by atoms with E-state index in [0.717, 1.165) is 39.0 Å². The second-order valence-corrected chi connectivity index (χ2v) is 7.53. The Kier molecular flexibility index (Phi) is 3.78. The molecule has 108 valence electrons. The van der Waals surface area contributed by atoms with Crippen LogP contribution in [0.2, 0.25) is 4.34 Å². The molecule has 2 heterocycles. The normalized spacial score (nSPS) is 23.1. The molecule has 1 amide bonds. The molecule has 0 atom stereocenters. The van der Waals surface area contributed by atoms with Gasteiger partial charge < -0.3 is 9.88 Å². The van der Waals surface area contributed by atoms with Crippen LogP contribution in [-0.4, -0.2) is 16.5 Å². The lowest BCUT2D eigenvalue weighted by Crippen LogP contribution is -2.38. The quantitative estimate of drug-likeness (QED) is 0.886. The number of aryl methyl sites for hydroxylation is 1. The number of hydrogen-bond donors (Lipinski definition) is 1. The fraction of sp³-hybridized carbons (Fsp3) is 0.533. The number of hydrogen-bond acceptors (Lipinski definition) is 2. The molecule has 0 bridgehead atoms. The molecule has 0 unspecified atom stereocenters. The van der Waals surface area contributed by atoms with Crippen molar-refractivity contribution in [3.8, 4) is 0 Å². The molecule has 0 radical (unpaired) electrons. The van der Waals surface area contributed by atoms with Gasteiger partial charge in [-0.05, 0) is 43.7 Å². The molecule has 20 heavy (non-hydrogen) atoms. The van der Waals surface area contributed by atoms with E-state index in [9.17, 15) is 4.79 Å². The standard InChI is InChI=1S/C15H19ClN2OS/c1-9-3-5-10(6-4-9)17-15(19)12-7-13-11(18(12)2)8-14(16)20-13/h7-10H,3-6H2,1-2H3,(H,17,19). The van der Waals surface area contributed by atoms with Crippen LogP contribution in [0.5, 0.6) is 0 Å². The van der Waals surface area contributed by atoms with Crippen molar-refractivity contribution in [1.82, 2.24) is 9.88 Å². The van der Waals surface area contributed by atoms with Gasteiger partial charge in [-0.3, -0.25) is 4.79 Å². The lowest BCUT2D eigenvalue weighted by atomic mass is 9.87. The first-order valence-electron chi connectivity index (χ1n) is 7.10. The molecule has 3 nitrogen and oxygen atoms in total. The smallest absolute Gasteiger partial charge is 0.268 e. The first-order valence-corrected chi connectivity index (χ1v) is 8.29. The van der Waals surface area contributed by atoms with Gasteiger partial charge in [-0.2, -0.15) is 0 Å². The molecule has 5 heteroatoms. The van der Waals surface area contributed by atoms with Crippen molar-refractivity contribution in [2.75, 3.05) is 0 Å². The maximum absolute atomic E-state index is 12.4. The van der Waals surface area contributed by atoms with E-state index in [1.807, 2.05) is 23.7 Å². The van der Waals surface area contributed by atoms with E-state index in [1.165, 1.54) is 24.2 Å². The zero-order valence-electron chi connectivity index (χ0n) is 11.8. The van der Waals surface area contributed by atoms with Gasteiger partial charge in [-0.1, -0.05) is 18.5 Å². The van der Waals surface area contributed by atoms with Crippen molar-refractivity contribution in [2.24, 2.45) is 13.0 Å². The Morgan fingerprint density at radius 3 is 2.70 bits per heavy atom. The van der Waals surface area contributed by atoms with Gasteiger partial charge in [0.25, 0.3) is 5.91 Å². The maximum Gasteiger partial charge on any atom is 0.268 e. The lowest BCUT2D eigenvalue weighted by molar-refractivity contribution is 0.0915. The molecule has 1 saturated carbocycles. The summed E-state index contributed by atoms with van der Waals surface area (Å²) in [4.78, 5) is 12.4. The summed E-state index contributed by atoms with van der Waals surface area (Å²) in [7, 11) is 1.92. The van der Waals surface area contributed by atoms with Gasteiger partial charge in [-0.15, -0.1) is 11.3 Å². The van der Waals surface area contributed by atoms with E-state index in [0.29, 0.717) is 6.04 Å². The minimum Gasteiger partial charge on any atom is -0.348 e. The van der Waals surface area contributed by atoms with Crippen molar-refractivity contribution in [1.29, 1.82) is 0 Å². The van der Waals surface area contributed by atoms with Crippen LogP contribution in [0.15, 0.2) is 12.1 Å². The Hall–Kier alpha value is -1.00. The van der Waals surface area contributed by atoms with Crippen LogP contribution in [0.1, 0.15) is 43.1 Å². The molecule has 0 saturated heterocycles. The van der Waals surface area contributed by atoms with Crippen LogP contribution >= 0.6 is 22.9 Å². The maximum atomic E-state index is 12.4. The number of thiophene rings is 1. The summed E-state index contributed by atoms with van der Waals surface area (Å²) in [5, 5.41) is 3.17. The Morgan fingerprint density at radius 2 is 2.05 bits per heavy atom. The van der Waals surface area contributed by atoms with E-state index in [2.05, 4.69) is 12.2 Å². The van der Waals surface area contributed by atoms with Crippen LogP contribution in [0.3, 0.4) is 0 Å². The van der Waals surface area contributed by atoms with Gasteiger partial charge in [0, 0.05) is 13.1 Å². The highest BCUT2D eigenvalue weighted by Crippen LogP contribution is 2.31. The number of halogens is 1. The number of nitrogens with one attached hydrogen (secondary N) is 1. The predicted octanol–water partition coefficient (Wildman–Crippen LogP) is 4.20. The molecule has 1 aliphatic rings.